The topological polar surface area (TPSA) is 65.2 Å². The number of nitrogens with zero attached hydrogens (tertiary/aromatic N) is 2. The van der Waals surface area contributed by atoms with Gasteiger partial charge in [-0.25, -0.2) is 0 Å². The first kappa shape index (κ1) is 13.3. The van der Waals surface area contributed by atoms with Gasteiger partial charge >= 0.3 is 5.97 Å². The average Bonchev–Trinajstić information content (AvgIpc) is 3.00. The summed E-state index contributed by atoms with van der Waals surface area (Å²) in [7, 11) is 0. The molecule has 5 nitrogen and oxygen atoms in total. The van der Waals surface area contributed by atoms with Crippen molar-refractivity contribution in [2.45, 2.75) is 20.0 Å². The van der Waals surface area contributed by atoms with Crippen LogP contribution in [0.4, 0.5) is 0 Å². The van der Waals surface area contributed by atoms with Gasteiger partial charge in [-0.3, -0.25) is 4.79 Å². The second-order valence-corrected chi connectivity index (χ2v) is 5.76. The Morgan fingerprint density at radius 1 is 1.45 bits per heavy atom. The lowest BCUT2D eigenvalue weighted by Gasteiger charge is -2.00. The van der Waals surface area contributed by atoms with Gasteiger partial charge in [-0.05, 0) is 40.4 Å². The van der Waals surface area contributed by atoms with Gasteiger partial charge in [0.15, 0.2) is 6.61 Å². The second-order valence-electron chi connectivity index (χ2n) is 4.91. The Hall–Kier alpha value is -1.69. The Labute approximate surface area is 124 Å². The summed E-state index contributed by atoms with van der Waals surface area (Å²) in [6.07, 6.45) is 0.908. The highest BCUT2D eigenvalue weighted by molar-refractivity contribution is 9.10. The smallest absolute Gasteiger partial charge is 0.309 e. The Morgan fingerprint density at radius 3 is 2.90 bits per heavy atom. The van der Waals surface area contributed by atoms with Crippen molar-refractivity contribution in [2.75, 3.05) is 0 Å². The minimum Gasteiger partial charge on any atom is -0.455 e. The summed E-state index contributed by atoms with van der Waals surface area (Å²) in [6.45, 7) is 2.06. The molecule has 1 aliphatic carbocycles. The molecule has 1 heterocycles. The molecule has 2 atom stereocenters. The van der Waals surface area contributed by atoms with Crippen molar-refractivity contribution >= 4 is 21.9 Å². The summed E-state index contributed by atoms with van der Waals surface area (Å²) < 4.78 is 11.5. The minimum atomic E-state index is -0.182. The van der Waals surface area contributed by atoms with Crippen molar-refractivity contribution in [3.63, 3.8) is 0 Å². The third kappa shape index (κ3) is 2.75. The van der Waals surface area contributed by atoms with Crippen molar-refractivity contribution in [2.24, 2.45) is 11.8 Å². The number of ether oxygens (including phenoxy) is 1. The molecule has 0 unspecified atom stereocenters. The van der Waals surface area contributed by atoms with Crippen LogP contribution in [0.15, 0.2) is 33.2 Å². The van der Waals surface area contributed by atoms with E-state index in [4.69, 9.17) is 9.15 Å². The van der Waals surface area contributed by atoms with Crippen LogP contribution in [0.25, 0.3) is 11.5 Å². The molecule has 1 aromatic carbocycles. The first-order chi connectivity index (χ1) is 9.65. The molecular formula is C14H13BrN2O3. The third-order valence-electron chi connectivity index (χ3n) is 3.32. The number of hydrogen-bond acceptors (Lipinski definition) is 5. The van der Waals surface area contributed by atoms with Gasteiger partial charge in [0, 0.05) is 4.47 Å². The molecule has 20 heavy (non-hydrogen) atoms. The summed E-state index contributed by atoms with van der Waals surface area (Å²) in [6, 6.07) is 7.56. The standard InChI is InChI=1S/C14H13BrN2O3/c1-8-6-10(8)14(18)19-7-12-16-17-13(20-12)9-4-2-3-5-11(9)15/h2-5,8,10H,6-7H2,1H3/t8-,10-/m1/s1. The van der Waals surface area contributed by atoms with Crippen molar-refractivity contribution < 1.29 is 13.9 Å². The number of carbonyl (C=O) groups excluding carboxylic acids is 1. The summed E-state index contributed by atoms with van der Waals surface area (Å²) in [4.78, 5) is 11.6. The zero-order valence-corrected chi connectivity index (χ0v) is 12.5. The Morgan fingerprint density at radius 2 is 2.20 bits per heavy atom. The van der Waals surface area contributed by atoms with E-state index >= 15 is 0 Å². The van der Waals surface area contributed by atoms with Crippen LogP contribution in [0.5, 0.6) is 0 Å². The van der Waals surface area contributed by atoms with Gasteiger partial charge in [-0.1, -0.05) is 19.1 Å². The van der Waals surface area contributed by atoms with Crippen molar-refractivity contribution in [3.8, 4) is 11.5 Å². The number of halogens is 1. The molecule has 6 heteroatoms. The molecule has 0 spiro atoms. The monoisotopic (exact) mass is 336 g/mol. The van der Waals surface area contributed by atoms with Crippen molar-refractivity contribution in [1.82, 2.24) is 10.2 Å². The maximum atomic E-state index is 11.6. The zero-order valence-electron chi connectivity index (χ0n) is 10.9. The number of carbonyl (C=O) groups is 1. The minimum absolute atomic E-state index is 0.0273. The van der Waals surface area contributed by atoms with Crippen LogP contribution < -0.4 is 0 Å². The van der Waals surface area contributed by atoms with E-state index in [0.717, 1.165) is 16.5 Å². The first-order valence-electron chi connectivity index (χ1n) is 6.39. The number of rotatable bonds is 4. The highest BCUT2D eigenvalue weighted by atomic mass is 79.9. The predicted molar refractivity (Wildman–Crippen MR) is 74.5 cm³/mol. The highest BCUT2D eigenvalue weighted by Crippen LogP contribution is 2.38. The van der Waals surface area contributed by atoms with Crippen LogP contribution >= 0.6 is 15.9 Å². The highest BCUT2D eigenvalue weighted by Gasteiger charge is 2.40. The predicted octanol–water partition coefficient (Wildman–Crippen LogP) is 3.20. The van der Waals surface area contributed by atoms with E-state index in [-0.39, 0.29) is 18.5 Å². The lowest BCUT2D eigenvalue weighted by Crippen LogP contribution is -2.07. The number of esters is 1. The Bertz CT molecular complexity index is 641. The molecule has 3 rings (SSSR count). The maximum absolute atomic E-state index is 11.6. The number of hydrogen-bond donors (Lipinski definition) is 0. The molecule has 0 bridgehead atoms. The van der Waals surface area contributed by atoms with Crippen LogP contribution in [-0.2, 0) is 16.1 Å². The molecule has 0 amide bonds. The Kier molecular flexibility index (Phi) is 3.56. The van der Waals surface area contributed by atoms with Crippen LogP contribution in [0.1, 0.15) is 19.2 Å². The third-order valence-corrected chi connectivity index (χ3v) is 4.01. The average molecular weight is 337 g/mol. The van der Waals surface area contributed by atoms with E-state index in [1.165, 1.54) is 0 Å². The zero-order chi connectivity index (χ0) is 14.1. The molecule has 0 saturated heterocycles. The fraction of sp³-hybridized carbons (Fsp3) is 0.357. The fourth-order valence-electron chi connectivity index (χ4n) is 1.95. The lowest BCUT2D eigenvalue weighted by atomic mass is 10.2. The maximum Gasteiger partial charge on any atom is 0.309 e. The van der Waals surface area contributed by atoms with Gasteiger partial charge in [0.2, 0.25) is 5.89 Å². The van der Waals surface area contributed by atoms with E-state index in [2.05, 4.69) is 26.1 Å². The fourth-order valence-corrected chi connectivity index (χ4v) is 2.40. The molecular weight excluding hydrogens is 324 g/mol. The van der Waals surface area contributed by atoms with Crippen LogP contribution in [0.2, 0.25) is 0 Å². The lowest BCUT2D eigenvalue weighted by molar-refractivity contribution is -0.147. The van der Waals surface area contributed by atoms with Gasteiger partial charge < -0.3 is 9.15 Å². The van der Waals surface area contributed by atoms with Crippen molar-refractivity contribution in [1.29, 1.82) is 0 Å². The van der Waals surface area contributed by atoms with E-state index in [1.807, 2.05) is 31.2 Å². The van der Waals surface area contributed by atoms with Crippen molar-refractivity contribution in [3.05, 3.63) is 34.6 Å². The molecule has 104 valence electrons. The van der Waals surface area contributed by atoms with Gasteiger partial charge in [0.1, 0.15) is 0 Å². The van der Waals surface area contributed by atoms with Crippen LogP contribution in [0, 0.1) is 11.8 Å². The van der Waals surface area contributed by atoms with Gasteiger partial charge in [-0.15, -0.1) is 10.2 Å². The van der Waals surface area contributed by atoms with Gasteiger partial charge in [0.05, 0.1) is 11.5 Å². The van der Waals surface area contributed by atoms with Gasteiger partial charge in [0.25, 0.3) is 5.89 Å². The number of benzene rings is 1. The first-order valence-corrected chi connectivity index (χ1v) is 7.18. The molecule has 1 fully saturated rings. The summed E-state index contributed by atoms with van der Waals surface area (Å²) in [5.41, 5.74) is 0.813. The molecule has 0 aliphatic heterocycles. The molecule has 1 aromatic heterocycles. The number of aromatic nitrogens is 2. The molecule has 1 saturated carbocycles. The molecule has 1 aliphatic rings. The molecule has 2 aromatic rings. The quantitative estimate of drug-likeness (QED) is 0.802. The molecule has 0 N–H and O–H groups in total. The van der Waals surface area contributed by atoms with E-state index in [0.29, 0.717) is 17.7 Å². The van der Waals surface area contributed by atoms with Crippen LogP contribution in [-0.4, -0.2) is 16.2 Å². The normalized spacial score (nSPS) is 20.7. The Balaban J connectivity index is 1.65. The van der Waals surface area contributed by atoms with E-state index in [9.17, 15) is 4.79 Å². The SMILES string of the molecule is C[C@@H]1C[C@H]1C(=O)OCc1nnc(-c2ccccc2Br)o1. The largest absolute Gasteiger partial charge is 0.455 e. The van der Waals surface area contributed by atoms with Crippen LogP contribution in [0.3, 0.4) is 0 Å². The van der Waals surface area contributed by atoms with Gasteiger partial charge in [-0.2, -0.15) is 0 Å². The summed E-state index contributed by atoms with van der Waals surface area (Å²) in [5.74, 6) is 1.00. The molecule has 0 radical (unpaired) electrons. The van der Waals surface area contributed by atoms with E-state index < -0.39 is 0 Å². The van der Waals surface area contributed by atoms with E-state index in [1.54, 1.807) is 0 Å². The second kappa shape index (κ2) is 5.36. The summed E-state index contributed by atoms with van der Waals surface area (Å²) in [5, 5.41) is 7.85. The summed E-state index contributed by atoms with van der Waals surface area (Å²) >= 11 is 3.43.